The fourth-order valence-corrected chi connectivity index (χ4v) is 4.78. The van der Waals surface area contributed by atoms with Crippen LogP contribution < -0.4 is 15.5 Å². The highest BCUT2D eigenvalue weighted by Crippen LogP contribution is 2.39. The zero-order valence-electron chi connectivity index (χ0n) is 11.5. The van der Waals surface area contributed by atoms with Crippen molar-refractivity contribution in [2.24, 2.45) is 0 Å². The number of rotatable bonds is 1. The molecule has 3 N–H and O–H groups in total. The van der Waals surface area contributed by atoms with Crippen molar-refractivity contribution in [1.29, 1.82) is 0 Å². The molecule has 4 heterocycles. The molecule has 0 fully saturated rings. The number of hydrogen-bond acceptors (Lipinski definition) is 4. The topological polar surface area (TPSA) is 58.7 Å². The summed E-state index contributed by atoms with van der Waals surface area (Å²) in [6.45, 7) is 2.09. The molecule has 21 heavy (non-hydrogen) atoms. The van der Waals surface area contributed by atoms with Gasteiger partial charge in [-0.2, -0.15) is 0 Å². The summed E-state index contributed by atoms with van der Waals surface area (Å²) in [6, 6.07) is 3.80. The van der Waals surface area contributed by atoms with E-state index in [1.807, 2.05) is 12.1 Å². The van der Waals surface area contributed by atoms with E-state index in [-0.39, 0.29) is 12.1 Å². The van der Waals surface area contributed by atoms with Gasteiger partial charge in [-0.1, -0.05) is 0 Å². The standard InChI is InChI=1S/C14H14IN3O2S/c1-18-5-4-7-9(6-18)21-14-11(7)13(19)16-12(17-14)8-2-3-10(15)20-8/h2-3,12,17H,4-6H2,1H3,(H,16,19)/p+1/t12-/m1/s1. The van der Waals surface area contributed by atoms with Crippen molar-refractivity contribution in [3.05, 3.63) is 37.7 Å². The van der Waals surface area contributed by atoms with Gasteiger partial charge in [0.25, 0.3) is 5.91 Å². The minimum Gasteiger partial charge on any atom is -0.451 e. The van der Waals surface area contributed by atoms with Crippen molar-refractivity contribution in [3.8, 4) is 0 Å². The van der Waals surface area contributed by atoms with Crippen LogP contribution in [0, 0.1) is 3.77 Å². The largest absolute Gasteiger partial charge is 0.451 e. The van der Waals surface area contributed by atoms with E-state index >= 15 is 0 Å². The SMILES string of the molecule is C[NH+]1CCc2c(sc3c2C(=O)N[C@@H](c2ccc(I)o2)N3)C1. The third kappa shape index (κ3) is 2.27. The lowest BCUT2D eigenvalue weighted by atomic mass is 10.0. The van der Waals surface area contributed by atoms with Gasteiger partial charge >= 0.3 is 0 Å². The Morgan fingerprint density at radius 3 is 3.05 bits per heavy atom. The predicted molar refractivity (Wildman–Crippen MR) is 88.7 cm³/mol. The Hall–Kier alpha value is -1.06. The average molecular weight is 416 g/mol. The number of amides is 1. The molecule has 2 aromatic heterocycles. The zero-order valence-corrected chi connectivity index (χ0v) is 14.4. The van der Waals surface area contributed by atoms with Crippen LogP contribution >= 0.6 is 33.9 Å². The van der Waals surface area contributed by atoms with Gasteiger partial charge in [-0.3, -0.25) is 4.79 Å². The van der Waals surface area contributed by atoms with Crippen LogP contribution in [0.1, 0.15) is 32.7 Å². The summed E-state index contributed by atoms with van der Waals surface area (Å²) in [5.41, 5.74) is 2.08. The van der Waals surface area contributed by atoms with Gasteiger partial charge in [0.05, 0.1) is 24.0 Å². The molecule has 0 saturated carbocycles. The van der Waals surface area contributed by atoms with Crippen LogP contribution in [0.15, 0.2) is 16.5 Å². The molecule has 0 radical (unpaired) electrons. The molecule has 2 aliphatic rings. The van der Waals surface area contributed by atoms with E-state index in [2.05, 4.69) is 40.3 Å². The molecule has 7 heteroatoms. The predicted octanol–water partition coefficient (Wildman–Crippen LogP) is 1.37. The molecule has 0 aliphatic carbocycles. The minimum atomic E-state index is -0.279. The van der Waals surface area contributed by atoms with E-state index in [9.17, 15) is 4.79 Å². The molecule has 0 spiro atoms. The first-order valence-corrected chi connectivity index (χ1v) is 8.80. The van der Waals surface area contributed by atoms with Crippen LogP contribution in [0.5, 0.6) is 0 Å². The number of anilines is 1. The number of quaternary nitrogens is 1. The number of halogens is 1. The van der Waals surface area contributed by atoms with Gasteiger partial charge < -0.3 is 20.0 Å². The first kappa shape index (κ1) is 13.6. The molecule has 0 bridgehead atoms. The summed E-state index contributed by atoms with van der Waals surface area (Å²) in [7, 11) is 2.20. The molecule has 2 aliphatic heterocycles. The van der Waals surface area contributed by atoms with E-state index in [1.54, 1.807) is 11.3 Å². The number of carbonyl (C=O) groups is 1. The third-order valence-corrected chi connectivity index (χ3v) is 5.75. The molecule has 5 nitrogen and oxygen atoms in total. The summed E-state index contributed by atoms with van der Waals surface area (Å²) >= 11 is 3.84. The number of fused-ring (bicyclic) bond motifs is 3. The quantitative estimate of drug-likeness (QED) is 0.616. The number of carbonyl (C=O) groups excluding carboxylic acids is 1. The normalized spacial score (nSPS) is 24.0. The van der Waals surface area contributed by atoms with Crippen LogP contribution in [0.3, 0.4) is 0 Å². The lowest BCUT2D eigenvalue weighted by Crippen LogP contribution is -3.08. The number of thiophene rings is 1. The molecule has 1 unspecified atom stereocenters. The lowest BCUT2D eigenvalue weighted by Gasteiger charge is -2.25. The van der Waals surface area contributed by atoms with Crippen molar-refractivity contribution in [1.82, 2.24) is 5.32 Å². The minimum absolute atomic E-state index is 0.0113. The second-order valence-corrected chi connectivity index (χ2v) is 7.70. The molecule has 0 aromatic carbocycles. The average Bonchev–Trinajstić information content (AvgIpc) is 3.01. The fourth-order valence-electron chi connectivity index (χ4n) is 2.96. The van der Waals surface area contributed by atoms with Gasteiger partial charge in [-0.15, -0.1) is 11.3 Å². The Bertz CT molecular complexity index is 724. The molecule has 2 aromatic rings. The maximum Gasteiger partial charge on any atom is 0.256 e. The highest BCUT2D eigenvalue weighted by Gasteiger charge is 2.34. The molecule has 110 valence electrons. The second-order valence-electron chi connectivity index (χ2n) is 5.53. The number of hydrogen-bond donors (Lipinski definition) is 3. The molecule has 0 saturated heterocycles. The van der Waals surface area contributed by atoms with Gasteiger partial charge in [0.2, 0.25) is 0 Å². The molecule has 1 amide bonds. The van der Waals surface area contributed by atoms with Gasteiger partial charge in [0, 0.05) is 6.42 Å². The Morgan fingerprint density at radius 2 is 2.29 bits per heavy atom. The van der Waals surface area contributed by atoms with Crippen LogP contribution in [0.2, 0.25) is 0 Å². The Morgan fingerprint density at radius 1 is 1.43 bits per heavy atom. The van der Waals surface area contributed by atoms with Crippen molar-refractivity contribution in [3.63, 3.8) is 0 Å². The van der Waals surface area contributed by atoms with Gasteiger partial charge in [0.1, 0.15) is 17.3 Å². The first-order valence-electron chi connectivity index (χ1n) is 6.90. The Labute approximate surface area is 139 Å². The van der Waals surface area contributed by atoms with E-state index in [4.69, 9.17) is 4.42 Å². The summed E-state index contributed by atoms with van der Waals surface area (Å²) in [5, 5.41) is 7.39. The lowest BCUT2D eigenvalue weighted by molar-refractivity contribution is -0.895. The van der Waals surface area contributed by atoms with Crippen molar-refractivity contribution in [2.45, 2.75) is 19.1 Å². The Kier molecular flexibility index (Phi) is 3.23. The molecule has 4 rings (SSSR count). The summed E-state index contributed by atoms with van der Waals surface area (Å²) in [5.74, 6) is 0.754. The summed E-state index contributed by atoms with van der Waals surface area (Å²) < 4.78 is 6.43. The monoisotopic (exact) mass is 416 g/mol. The van der Waals surface area contributed by atoms with E-state index < -0.39 is 0 Å². The van der Waals surface area contributed by atoms with E-state index in [1.165, 1.54) is 15.3 Å². The van der Waals surface area contributed by atoms with E-state index in [0.29, 0.717) is 0 Å². The van der Waals surface area contributed by atoms with Gasteiger partial charge in [-0.05, 0) is 40.3 Å². The zero-order chi connectivity index (χ0) is 14.6. The third-order valence-electron chi connectivity index (χ3n) is 4.01. The number of likely N-dealkylation sites (N-methyl/N-ethyl adjacent to an activating group) is 1. The maximum atomic E-state index is 12.5. The Balaban J connectivity index is 1.71. The highest BCUT2D eigenvalue weighted by atomic mass is 127. The second kappa shape index (κ2) is 4.99. The van der Waals surface area contributed by atoms with E-state index in [0.717, 1.165) is 39.6 Å². The van der Waals surface area contributed by atoms with Gasteiger partial charge in [0.15, 0.2) is 9.93 Å². The van der Waals surface area contributed by atoms with Crippen molar-refractivity contribution < 1.29 is 14.1 Å². The fraction of sp³-hybridized carbons (Fsp3) is 0.357. The van der Waals surface area contributed by atoms with Crippen molar-refractivity contribution >= 4 is 44.8 Å². The summed E-state index contributed by atoms with van der Waals surface area (Å²) in [6.07, 6.45) is 0.699. The first-order chi connectivity index (χ1) is 10.1. The molecular formula is C14H15IN3O2S+. The number of furan rings is 1. The van der Waals surface area contributed by atoms with Crippen LogP contribution in [-0.2, 0) is 13.0 Å². The highest BCUT2D eigenvalue weighted by molar-refractivity contribution is 14.1. The van der Waals surface area contributed by atoms with Crippen LogP contribution in [0.4, 0.5) is 5.00 Å². The maximum absolute atomic E-state index is 12.5. The molecule has 2 atom stereocenters. The van der Waals surface area contributed by atoms with Gasteiger partial charge in [-0.25, -0.2) is 0 Å². The number of nitrogens with one attached hydrogen (secondary N) is 3. The van der Waals surface area contributed by atoms with Crippen LogP contribution in [-0.4, -0.2) is 19.5 Å². The van der Waals surface area contributed by atoms with Crippen LogP contribution in [0.25, 0.3) is 0 Å². The molecular weight excluding hydrogens is 401 g/mol. The summed E-state index contributed by atoms with van der Waals surface area (Å²) in [4.78, 5) is 15.3. The van der Waals surface area contributed by atoms with Crippen molar-refractivity contribution in [2.75, 3.05) is 18.9 Å². The smallest absolute Gasteiger partial charge is 0.256 e.